The monoisotopic (exact) mass is 655 g/mol. The average Bonchev–Trinajstić information content (AvgIpc) is 3.84. The topological polar surface area (TPSA) is 63.4 Å². The number of benzene rings is 2. The van der Waals surface area contributed by atoms with Crippen molar-refractivity contribution in [3.63, 3.8) is 0 Å². The molecular formula is C34H30ClN5OS3. The molecule has 0 radical (unpaired) electrons. The van der Waals surface area contributed by atoms with E-state index >= 15 is 0 Å². The van der Waals surface area contributed by atoms with Crippen LogP contribution in [0.1, 0.15) is 46.2 Å². The lowest BCUT2D eigenvalue weighted by molar-refractivity contribution is -0.130. The van der Waals surface area contributed by atoms with Crippen molar-refractivity contribution < 1.29 is 4.79 Å². The van der Waals surface area contributed by atoms with Gasteiger partial charge in [-0.2, -0.15) is 5.10 Å². The number of hydrogen-bond donors (Lipinski definition) is 0. The minimum atomic E-state index is -0.0966. The summed E-state index contributed by atoms with van der Waals surface area (Å²) in [5.74, 6) is 0.973. The molecule has 3 aromatic heterocycles. The summed E-state index contributed by atoms with van der Waals surface area (Å²) in [5, 5.41) is 21.4. The summed E-state index contributed by atoms with van der Waals surface area (Å²) in [6.45, 7) is 4.14. The van der Waals surface area contributed by atoms with E-state index in [1.807, 2.05) is 28.8 Å². The number of nitrogens with zero attached hydrogens (tertiary/aromatic N) is 5. The molecule has 1 aliphatic heterocycles. The summed E-state index contributed by atoms with van der Waals surface area (Å²) >= 11 is 11.4. The Balaban J connectivity index is 1.23. The fraction of sp³-hybridized carbons (Fsp3) is 0.235. The van der Waals surface area contributed by atoms with E-state index in [9.17, 15) is 4.79 Å². The molecule has 222 valence electrons. The van der Waals surface area contributed by atoms with Gasteiger partial charge in [0, 0.05) is 21.2 Å². The predicted octanol–water partition coefficient (Wildman–Crippen LogP) is 9.24. The van der Waals surface area contributed by atoms with Crippen LogP contribution in [0.5, 0.6) is 0 Å². The van der Waals surface area contributed by atoms with E-state index < -0.39 is 0 Å². The van der Waals surface area contributed by atoms with Crippen LogP contribution in [-0.4, -0.2) is 37.1 Å². The van der Waals surface area contributed by atoms with Gasteiger partial charge in [0.15, 0.2) is 11.0 Å². The van der Waals surface area contributed by atoms with Gasteiger partial charge in [-0.3, -0.25) is 9.36 Å². The number of hydrogen-bond acceptors (Lipinski definition) is 7. The molecule has 0 bridgehead atoms. The van der Waals surface area contributed by atoms with Crippen LogP contribution < -0.4 is 0 Å². The van der Waals surface area contributed by atoms with Crippen molar-refractivity contribution in [1.82, 2.24) is 19.8 Å². The molecule has 1 amide bonds. The minimum Gasteiger partial charge on any atom is -0.272 e. The maximum Gasteiger partial charge on any atom is 0.253 e. The number of carbonyl (C=O) groups is 1. The molecule has 1 fully saturated rings. The van der Waals surface area contributed by atoms with E-state index in [2.05, 4.69) is 83.3 Å². The van der Waals surface area contributed by atoms with Gasteiger partial charge < -0.3 is 0 Å². The van der Waals surface area contributed by atoms with E-state index in [0.717, 1.165) is 47.4 Å². The highest BCUT2D eigenvalue weighted by Gasteiger charge is 2.44. The van der Waals surface area contributed by atoms with Gasteiger partial charge in [-0.25, -0.2) is 5.01 Å². The molecule has 0 N–H and O–H groups in total. The van der Waals surface area contributed by atoms with Crippen LogP contribution in [0.2, 0.25) is 5.02 Å². The molecule has 10 heteroatoms. The molecule has 2 atom stereocenters. The quantitative estimate of drug-likeness (QED) is 0.164. The summed E-state index contributed by atoms with van der Waals surface area (Å²) < 4.78 is 2.02. The highest BCUT2D eigenvalue weighted by Crippen LogP contribution is 2.46. The van der Waals surface area contributed by atoms with Crippen LogP contribution in [-0.2, 0) is 4.79 Å². The Bertz CT molecular complexity index is 1880. The highest BCUT2D eigenvalue weighted by atomic mass is 35.5. The summed E-state index contributed by atoms with van der Waals surface area (Å²) in [7, 11) is 0. The Morgan fingerprint density at radius 3 is 2.68 bits per heavy atom. The number of allylic oxidation sites excluding steroid dienone is 1. The van der Waals surface area contributed by atoms with Gasteiger partial charge in [0.2, 0.25) is 0 Å². The average molecular weight is 656 g/mol. The smallest absolute Gasteiger partial charge is 0.253 e. The van der Waals surface area contributed by atoms with Gasteiger partial charge in [0.1, 0.15) is 0 Å². The third-order valence-electron chi connectivity index (χ3n) is 8.13. The third kappa shape index (κ3) is 5.58. The molecule has 0 saturated heterocycles. The van der Waals surface area contributed by atoms with Crippen molar-refractivity contribution in [2.75, 3.05) is 5.75 Å². The summed E-state index contributed by atoms with van der Waals surface area (Å²) in [6, 6.07) is 22.3. The van der Waals surface area contributed by atoms with Crippen LogP contribution in [0.25, 0.3) is 23.2 Å². The van der Waals surface area contributed by atoms with Crippen molar-refractivity contribution in [2.24, 2.45) is 11.0 Å². The molecule has 0 unspecified atom stereocenters. The largest absolute Gasteiger partial charge is 0.272 e. The second-order valence-corrected chi connectivity index (χ2v) is 14.4. The van der Waals surface area contributed by atoms with Gasteiger partial charge in [-0.15, -0.1) is 32.9 Å². The molecule has 6 nitrogen and oxygen atoms in total. The molecule has 0 spiro atoms. The van der Waals surface area contributed by atoms with Crippen molar-refractivity contribution in [3.8, 4) is 17.1 Å². The first-order valence-electron chi connectivity index (χ1n) is 14.6. The van der Waals surface area contributed by atoms with Crippen molar-refractivity contribution in [3.05, 3.63) is 109 Å². The fourth-order valence-electron chi connectivity index (χ4n) is 6.04. The van der Waals surface area contributed by atoms with E-state index in [4.69, 9.17) is 16.7 Å². The van der Waals surface area contributed by atoms with Gasteiger partial charge >= 0.3 is 0 Å². The van der Waals surface area contributed by atoms with Crippen LogP contribution >= 0.6 is 46.0 Å². The third-order valence-corrected chi connectivity index (χ3v) is 11.1. The number of hydrazone groups is 1. The lowest BCUT2D eigenvalue weighted by atomic mass is 9.79. The summed E-state index contributed by atoms with van der Waals surface area (Å²) in [5.41, 5.74) is 6.26. The number of halogens is 1. The maximum atomic E-state index is 14.1. The first-order chi connectivity index (χ1) is 21.5. The molecule has 2 aromatic carbocycles. The van der Waals surface area contributed by atoms with Gasteiger partial charge in [0.25, 0.3) is 5.91 Å². The summed E-state index contributed by atoms with van der Waals surface area (Å²) in [6.07, 6.45) is 5.34. The molecular weight excluding hydrogens is 626 g/mol. The molecule has 44 heavy (non-hydrogen) atoms. The predicted molar refractivity (Wildman–Crippen MR) is 183 cm³/mol. The normalized spacial score (nSPS) is 18.9. The van der Waals surface area contributed by atoms with Gasteiger partial charge in [-0.05, 0) is 97.0 Å². The number of amides is 1. The zero-order valence-electron chi connectivity index (χ0n) is 24.3. The van der Waals surface area contributed by atoms with Crippen LogP contribution in [0.3, 0.4) is 0 Å². The van der Waals surface area contributed by atoms with E-state index in [-0.39, 0.29) is 23.6 Å². The van der Waals surface area contributed by atoms with Crippen molar-refractivity contribution in [2.45, 2.75) is 44.3 Å². The molecule has 2 aliphatic rings. The van der Waals surface area contributed by atoms with E-state index in [1.165, 1.54) is 27.1 Å². The number of aryl methyl sites for hydroxylation is 2. The van der Waals surface area contributed by atoms with E-state index in [1.54, 1.807) is 27.7 Å². The maximum absolute atomic E-state index is 14.1. The Kier molecular flexibility index (Phi) is 8.29. The minimum absolute atomic E-state index is 0.0411. The molecule has 7 rings (SSSR count). The Hall–Kier alpha value is -3.50. The lowest BCUT2D eigenvalue weighted by Crippen LogP contribution is -2.32. The SMILES string of the molecule is Cc1ccc(C)c(-n2c(SCC(=O)N3N=C4/C(=C\c5cccs5)CCC[C@@H]4[C@@H]3c3cccs3)nnc2-c2ccccc2Cl)c1. The Morgan fingerprint density at radius 2 is 1.89 bits per heavy atom. The molecule has 1 aliphatic carbocycles. The number of thiophene rings is 2. The zero-order chi connectivity index (χ0) is 30.2. The second-order valence-electron chi connectivity index (χ2n) is 11.1. The summed E-state index contributed by atoms with van der Waals surface area (Å²) in [4.78, 5) is 16.5. The molecule has 1 saturated carbocycles. The number of aromatic nitrogens is 3. The Morgan fingerprint density at radius 1 is 1.05 bits per heavy atom. The van der Waals surface area contributed by atoms with E-state index in [0.29, 0.717) is 16.0 Å². The van der Waals surface area contributed by atoms with Crippen molar-refractivity contribution in [1.29, 1.82) is 0 Å². The van der Waals surface area contributed by atoms with Crippen LogP contribution in [0, 0.1) is 19.8 Å². The van der Waals surface area contributed by atoms with Crippen LogP contribution in [0.15, 0.2) is 93.3 Å². The van der Waals surface area contributed by atoms with Crippen LogP contribution in [0.4, 0.5) is 0 Å². The zero-order valence-corrected chi connectivity index (χ0v) is 27.5. The first kappa shape index (κ1) is 29.2. The Labute approximate surface area is 274 Å². The highest BCUT2D eigenvalue weighted by molar-refractivity contribution is 7.99. The number of carbonyl (C=O) groups excluding carboxylic acids is 1. The lowest BCUT2D eigenvalue weighted by Gasteiger charge is -2.28. The van der Waals surface area contributed by atoms with Gasteiger partial charge in [0.05, 0.1) is 28.2 Å². The molecule has 5 aromatic rings. The van der Waals surface area contributed by atoms with Crippen molar-refractivity contribution >= 4 is 63.7 Å². The number of fused-ring (bicyclic) bond motifs is 1. The fourth-order valence-corrected chi connectivity index (χ4v) is 8.61. The number of rotatable bonds is 7. The second kappa shape index (κ2) is 12.5. The molecule has 4 heterocycles. The first-order valence-corrected chi connectivity index (χ1v) is 17.7. The number of thioether (sulfide) groups is 1. The van der Waals surface area contributed by atoms with Gasteiger partial charge in [-0.1, -0.05) is 59.8 Å². The standard InChI is InChI=1S/C34H30ClN5OS3/c1-21-14-15-22(2)28(18-21)39-33(25-10-3-4-12-27(25)35)36-37-34(39)44-20-30(41)40-32(29-13-7-17-43-29)26-11-5-8-23(31(26)38-40)19-24-9-6-16-42-24/h3-4,6-7,9-10,12-19,26,32H,5,8,11,20H2,1-2H3/b23-19-/t26-,32+/m0/s1.